The first-order valence-electron chi connectivity index (χ1n) is 13.4. The number of esters is 2. The van der Waals surface area contributed by atoms with Crippen LogP contribution in [0.25, 0.3) is 0 Å². The zero-order valence-electron chi connectivity index (χ0n) is 23.4. The zero-order valence-corrected chi connectivity index (χ0v) is 24.3. The monoisotopic (exact) mass is 558 g/mol. The van der Waals surface area contributed by atoms with Gasteiger partial charge < -0.3 is 33.9 Å². The van der Waals surface area contributed by atoms with Gasteiger partial charge in [-0.05, 0) is 44.9 Å². The number of allylic oxidation sites excluding steroid dienone is 8. The molecule has 0 aromatic rings. The van der Waals surface area contributed by atoms with Crippen molar-refractivity contribution >= 4 is 20.5 Å². The summed E-state index contributed by atoms with van der Waals surface area (Å²) in [6.07, 6.45) is 25.9. The summed E-state index contributed by atoms with van der Waals surface area (Å²) in [5.74, 6) is -0.918. The van der Waals surface area contributed by atoms with Crippen LogP contribution < -0.4 is 5.73 Å². The Labute approximate surface area is 230 Å². The predicted molar refractivity (Wildman–Crippen MR) is 150 cm³/mol. The van der Waals surface area contributed by atoms with E-state index in [9.17, 15) is 14.7 Å². The van der Waals surface area contributed by atoms with Gasteiger partial charge in [0, 0.05) is 13.5 Å². The van der Waals surface area contributed by atoms with E-state index >= 15 is 0 Å². The highest BCUT2D eigenvalue weighted by molar-refractivity contribution is 7.41. The van der Waals surface area contributed by atoms with E-state index in [1.165, 1.54) is 39.9 Å². The molecule has 3 atom stereocenters. The molecule has 0 saturated heterocycles. The standard InChI is InChI=1S/C28H48NO8P/c1-4-5-6-7-8-9-10-11-12-13-14-15-16-17-18-19-20-21-27(31)37-25(22-30)23-35-38(34-3)36-24-26(29)28(32)33-2/h8-9,11-12,14-15,17-18,25-26,30H,4-7,10,13,16,19-24,29H2,1-3H3/p+1/b9-8-,12-11-,15-14-,18-17-. The summed E-state index contributed by atoms with van der Waals surface area (Å²) in [6, 6.07) is -0.722. The number of aliphatic hydroxyl groups is 1. The Morgan fingerprint density at radius 3 is 1.92 bits per heavy atom. The van der Waals surface area contributed by atoms with Crippen molar-refractivity contribution < 1.29 is 43.5 Å². The first-order chi connectivity index (χ1) is 18.5. The largest absolute Gasteiger partial charge is 0.465 e. The summed E-state index contributed by atoms with van der Waals surface area (Å²) in [5, 5.41) is 9.48. The minimum Gasteiger partial charge on any atom is -0.465 e. The van der Waals surface area contributed by atoms with E-state index < -0.39 is 39.3 Å². The van der Waals surface area contributed by atoms with Crippen molar-refractivity contribution in [2.75, 3.05) is 34.0 Å². The molecule has 0 aromatic heterocycles. The zero-order chi connectivity index (χ0) is 28.3. The van der Waals surface area contributed by atoms with Gasteiger partial charge in [0.05, 0.1) is 20.3 Å². The van der Waals surface area contributed by atoms with Gasteiger partial charge in [0.2, 0.25) is 6.04 Å². The summed E-state index contributed by atoms with van der Waals surface area (Å²) in [5.41, 5.74) is 3.63. The van der Waals surface area contributed by atoms with Crippen LogP contribution in [0.1, 0.15) is 71.1 Å². The number of aliphatic hydroxyl groups excluding tert-OH is 1. The van der Waals surface area contributed by atoms with E-state index in [-0.39, 0.29) is 19.6 Å². The molecule has 10 heteroatoms. The second-order valence-corrected chi connectivity index (χ2v) is 9.82. The number of carbonyl (C=O) groups excluding carboxylic acids is 2. The lowest BCUT2D eigenvalue weighted by Gasteiger charge is -2.19. The molecule has 0 aliphatic heterocycles. The Bertz CT molecular complexity index is 711. The maximum absolute atomic E-state index is 12.1. The average molecular weight is 559 g/mol. The SMILES string of the molecule is CCCCC/C=C\C/C=C\C/C=C\C/C=C\CCCC(=O)OC(CO)COP(OC)OCC([NH3+])C(=O)OC. The van der Waals surface area contributed by atoms with Gasteiger partial charge in [-0.25, -0.2) is 4.79 Å². The van der Waals surface area contributed by atoms with E-state index in [0.29, 0.717) is 6.42 Å². The van der Waals surface area contributed by atoms with Crippen molar-refractivity contribution in [1.29, 1.82) is 0 Å². The Morgan fingerprint density at radius 2 is 1.39 bits per heavy atom. The molecule has 0 saturated carbocycles. The molecule has 0 aromatic carbocycles. The van der Waals surface area contributed by atoms with Gasteiger partial charge in [-0.2, -0.15) is 0 Å². The predicted octanol–water partition coefficient (Wildman–Crippen LogP) is 4.73. The van der Waals surface area contributed by atoms with Gasteiger partial charge >= 0.3 is 20.5 Å². The highest BCUT2D eigenvalue weighted by Crippen LogP contribution is 2.38. The molecule has 4 N–H and O–H groups in total. The van der Waals surface area contributed by atoms with E-state index in [1.54, 1.807) is 0 Å². The normalized spacial score (nSPS) is 14.6. The maximum Gasteiger partial charge on any atom is 0.366 e. The lowest BCUT2D eigenvalue weighted by Crippen LogP contribution is -2.67. The van der Waals surface area contributed by atoms with Crippen LogP contribution in [0.4, 0.5) is 0 Å². The fourth-order valence-electron chi connectivity index (χ4n) is 2.97. The summed E-state index contributed by atoms with van der Waals surface area (Å²) in [7, 11) is 0.866. The van der Waals surface area contributed by atoms with Gasteiger partial charge in [0.25, 0.3) is 0 Å². The fraction of sp³-hybridized carbons (Fsp3) is 0.643. The van der Waals surface area contributed by atoms with Crippen LogP contribution in [0.5, 0.6) is 0 Å². The Morgan fingerprint density at radius 1 is 0.842 bits per heavy atom. The summed E-state index contributed by atoms with van der Waals surface area (Å²) < 4.78 is 25.7. The number of rotatable bonds is 24. The lowest BCUT2D eigenvalue weighted by atomic mass is 10.2. The van der Waals surface area contributed by atoms with Gasteiger partial charge in [0.1, 0.15) is 12.7 Å². The van der Waals surface area contributed by atoms with Crippen molar-refractivity contribution in [2.45, 2.75) is 83.3 Å². The molecule has 0 spiro atoms. The fourth-order valence-corrected chi connectivity index (χ4v) is 3.84. The molecule has 38 heavy (non-hydrogen) atoms. The van der Waals surface area contributed by atoms with Gasteiger partial charge in [-0.15, -0.1) is 0 Å². The Kier molecular flexibility index (Phi) is 25.4. The minimum absolute atomic E-state index is 0.0483. The van der Waals surface area contributed by atoms with Crippen LogP contribution in [0.3, 0.4) is 0 Å². The molecular formula is C28H49NO8P+. The third-order valence-electron chi connectivity index (χ3n) is 5.14. The topological polar surface area (TPSA) is 128 Å². The molecule has 9 nitrogen and oxygen atoms in total. The highest BCUT2D eigenvalue weighted by Gasteiger charge is 2.23. The molecule has 0 aliphatic rings. The molecule has 0 rings (SSSR count). The first kappa shape index (κ1) is 36.1. The van der Waals surface area contributed by atoms with Crippen LogP contribution in [0, 0.1) is 0 Å². The van der Waals surface area contributed by atoms with Gasteiger partial charge in [0.15, 0.2) is 0 Å². The minimum atomic E-state index is -1.79. The number of unbranched alkanes of at least 4 members (excludes halogenated alkanes) is 4. The summed E-state index contributed by atoms with van der Waals surface area (Å²) >= 11 is 0. The van der Waals surface area contributed by atoms with Gasteiger partial charge in [-0.3, -0.25) is 4.79 Å². The number of hydrogen-bond acceptors (Lipinski definition) is 8. The molecule has 218 valence electrons. The second kappa shape index (κ2) is 26.7. The van der Waals surface area contributed by atoms with E-state index in [0.717, 1.165) is 25.7 Å². The van der Waals surface area contributed by atoms with Crippen LogP contribution in [-0.2, 0) is 32.6 Å². The molecule has 0 fully saturated rings. The number of ether oxygens (including phenoxy) is 2. The van der Waals surface area contributed by atoms with Crippen molar-refractivity contribution in [2.24, 2.45) is 0 Å². The molecule has 0 amide bonds. The quantitative estimate of drug-likeness (QED) is 0.0753. The molecule has 0 bridgehead atoms. The summed E-state index contributed by atoms with van der Waals surface area (Å²) in [4.78, 5) is 23.4. The van der Waals surface area contributed by atoms with E-state index in [2.05, 4.69) is 66.0 Å². The molecule has 3 unspecified atom stereocenters. The molecule has 0 radical (unpaired) electrons. The van der Waals surface area contributed by atoms with Crippen molar-refractivity contribution in [3.05, 3.63) is 48.6 Å². The highest BCUT2D eigenvalue weighted by atomic mass is 31.2. The molecule has 0 aliphatic carbocycles. The van der Waals surface area contributed by atoms with Crippen LogP contribution in [0.2, 0.25) is 0 Å². The smallest absolute Gasteiger partial charge is 0.366 e. The van der Waals surface area contributed by atoms with Crippen LogP contribution >= 0.6 is 8.60 Å². The van der Waals surface area contributed by atoms with Crippen LogP contribution in [-0.4, -0.2) is 63.2 Å². The van der Waals surface area contributed by atoms with Gasteiger partial charge in [-0.1, -0.05) is 68.4 Å². The van der Waals surface area contributed by atoms with E-state index in [1.807, 2.05) is 0 Å². The second-order valence-electron chi connectivity index (χ2n) is 8.49. The third-order valence-corrected chi connectivity index (χ3v) is 6.16. The number of carbonyl (C=O) groups is 2. The first-order valence-corrected chi connectivity index (χ1v) is 14.5. The number of methoxy groups -OCH3 is 1. The number of quaternary nitrogens is 1. The molecular weight excluding hydrogens is 509 g/mol. The van der Waals surface area contributed by atoms with Crippen LogP contribution in [0.15, 0.2) is 48.6 Å². The Balaban J connectivity index is 3.94. The summed E-state index contributed by atoms with van der Waals surface area (Å²) in [6.45, 7) is 1.68. The maximum atomic E-state index is 12.1. The lowest BCUT2D eigenvalue weighted by molar-refractivity contribution is -0.412. The molecule has 0 heterocycles. The van der Waals surface area contributed by atoms with Crippen molar-refractivity contribution in [3.8, 4) is 0 Å². The number of hydrogen-bond donors (Lipinski definition) is 2. The van der Waals surface area contributed by atoms with Crippen molar-refractivity contribution in [1.82, 2.24) is 0 Å². The average Bonchev–Trinajstić information content (AvgIpc) is 2.93. The third kappa shape index (κ3) is 22.1. The Hall–Kier alpha value is -1.87. The van der Waals surface area contributed by atoms with E-state index in [4.69, 9.17) is 18.3 Å². The van der Waals surface area contributed by atoms with Crippen molar-refractivity contribution in [3.63, 3.8) is 0 Å².